The number of nitrogens with two attached hydrogens (primary N) is 1. The molecule has 0 atom stereocenters. The number of nitrogen functional groups attached to an aromatic ring is 1. The van der Waals surface area contributed by atoms with Gasteiger partial charge in [-0.3, -0.25) is 15.4 Å². The van der Waals surface area contributed by atoms with Gasteiger partial charge in [-0.05, 0) is 26.0 Å². The van der Waals surface area contributed by atoms with E-state index in [1.54, 1.807) is 13.8 Å². The summed E-state index contributed by atoms with van der Waals surface area (Å²) in [7, 11) is 1.52. The first-order valence-electron chi connectivity index (χ1n) is 6.09. The van der Waals surface area contributed by atoms with Crippen molar-refractivity contribution in [3.63, 3.8) is 0 Å². The first kappa shape index (κ1) is 15.9. The van der Waals surface area contributed by atoms with Gasteiger partial charge in [0.2, 0.25) is 5.91 Å². The van der Waals surface area contributed by atoms with Gasteiger partial charge in [-0.1, -0.05) is 6.07 Å². The van der Waals surface area contributed by atoms with Crippen molar-refractivity contribution in [3.8, 4) is 0 Å². The number of hydrazine groups is 1. The van der Waals surface area contributed by atoms with E-state index in [1.807, 2.05) is 0 Å². The van der Waals surface area contributed by atoms with E-state index in [0.29, 0.717) is 0 Å². The summed E-state index contributed by atoms with van der Waals surface area (Å²) in [5.74, 6) is 3.88. The minimum absolute atomic E-state index is 0.0808. The number of amides is 2. The van der Waals surface area contributed by atoms with Gasteiger partial charge in [0.25, 0.3) is 5.91 Å². The maximum atomic E-state index is 13.5. The Morgan fingerprint density at radius 2 is 2.00 bits per heavy atom. The normalized spacial score (nSPS) is 10.8. The number of rotatable bonds is 5. The van der Waals surface area contributed by atoms with E-state index in [0.717, 1.165) is 0 Å². The zero-order valence-electron chi connectivity index (χ0n) is 11.7. The summed E-state index contributed by atoms with van der Waals surface area (Å²) in [5.41, 5.74) is 1.39. The summed E-state index contributed by atoms with van der Waals surface area (Å²) in [4.78, 5) is 23.6. The number of hydrogen-bond acceptors (Lipinski definition) is 4. The molecule has 0 aliphatic rings. The van der Waals surface area contributed by atoms with Crippen LogP contribution in [0.1, 0.15) is 24.2 Å². The number of para-hydroxylation sites is 1. The molecule has 1 rings (SSSR count). The molecule has 0 radical (unpaired) electrons. The summed E-state index contributed by atoms with van der Waals surface area (Å²) in [5, 5.41) is 5.11. The molecular formula is C13H19FN4O2. The highest BCUT2D eigenvalue weighted by atomic mass is 19.1. The second kappa shape index (κ2) is 6.33. The second-order valence-corrected chi connectivity index (χ2v) is 4.95. The molecule has 0 aliphatic heterocycles. The molecule has 0 bridgehead atoms. The summed E-state index contributed by atoms with van der Waals surface area (Å²) in [6.07, 6.45) is 0. The van der Waals surface area contributed by atoms with Crippen molar-refractivity contribution < 1.29 is 14.0 Å². The standard InChI is InChI=1S/C13H19FN4O2/c1-13(2,12(20)16-3)7-17-11(19)8-5-4-6-9(14)10(8)18-15/h4-6,18H,7,15H2,1-3H3,(H,16,20)(H,17,19). The van der Waals surface area contributed by atoms with Gasteiger partial charge in [-0.2, -0.15) is 0 Å². The zero-order chi connectivity index (χ0) is 15.3. The molecule has 2 amide bonds. The number of nitrogens with one attached hydrogen (secondary N) is 3. The van der Waals surface area contributed by atoms with Gasteiger partial charge < -0.3 is 16.1 Å². The Labute approximate surface area is 116 Å². The van der Waals surface area contributed by atoms with Crippen molar-refractivity contribution in [1.29, 1.82) is 0 Å². The molecule has 0 spiro atoms. The molecule has 1 aromatic rings. The van der Waals surface area contributed by atoms with E-state index in [9.17, 15) is 14.0 Å². The molecular weight excluding hydrogens is 263 g/mol. The molecule has 7 heteroatoms. The number of carbonyl (C=O) groups is 2. The molecule has 0 aromatic heterocycles. The molecule has 0 aliphatic carbocycles. The van der Waals surface area contributed by atoms with E-state index < -0.39 is 17.1 Å². The third-order valence-electron chi connectivity index (χ3n) is 2.94. The number of carbonyl (C=O) groups excluding carboxylic acids is 2. The molecule has 1 aromatic carbocycles. The maximum Gasteiger partial charge on any atom is 0.253 e. The van der Waals surface area contributed by atoms with Crippen LogP contribution >= 0.6 is 0 Å². The van der Waals surface area contributed by atoms with Gasteiger partial charge in [0.05, 0.1) is 16.7 Å². The second-order valence-electron chi connectivity index (χ2n) is 4.95. The maximum absolute atomic E-state index is 13.5. The third kappa shape index (κ3) is 3.45. The van der Waals surface area contributed by atoms with Crippen LogP contribution < -0.4 is 21.9 Å². The van der Waals surface area contributed by atoms with Crippen molar-refractivity contribution in [2.45, 2.75) is 13.8 Å². The van der Waals surface area contributed by atoms with Crippen LogP contribution in [0.15, 0.2) is 18.2 Å². The van der Waals surface area contributed by atoms with Crippen LogP contribution in [0.5, 0.6) is 0 Å². The van der Waals surface area contributed by atoms with Gasteiger partial charge in [-0.15, -0.1) is 0 Å². The molecule has 20 heavy (non-hydrogen) atoms. The highest BCUT2D eigenvalue weighted by molar-refractivity contribution is 6.00. The van der Waals surface area contributed by atoms with Crippen LogP contribution in [-0.2, 0) is 4.79 Å². The first-order chi connectivity index (χ1) is 9.33. The van der Waals surface area contributed by atoms with Crippen LogP contribution in [0.25, 0.3) is 0 Å². The van der Waals surface area contributed by atoms with Gasteiger partial charge in [0, 0.05) is 13.6 Å². The monoisotopic (exact) mass is 282 g/mol. The van der Waals surface area contributed by atoms with Crippen LogP contribution in [0.3, 0.4) is 0 Å². The van der Waals surface area contributed by atoms with Crippen LogP contribution in [0.2, 0.25) is 0 Å². The quantitative estimate of drug-likeness (QED) is 0.470. The number of hydrogen-bond donors (Lipinski definition) is 4. The molecule has 0 heterocycles. The molecule has 0 fully saturated rings. The van der Waals surface area contributed by atoms with E-state index in [2.05, 4.69) is 16.1 Å². The summed E-state index contributed by atoms with van der Waals surface area (Å²) < 4.78 is 13.5. The number of benzene rings is 1. The molecule has 0 unspecified atom stereocenters. The zero-order valence-corrected chi connectivity index (χ0v) is 11.7. The van der Waals surface area contributed by atoms with E-state index in [1.165, 1.54) is 25.2 Å². The fourth-order valence-electron chi connectivity index (χ4n) is 1.68. The highest BCUT2D eigenvalue weighted by Gasteiger charge is 2.27. The van der Waals surface area contributed by atoms with Crippen molar-refractivity contribution in [2.24, 2.45) is 11.3 Å². The predicted molar refractivity (Wildman–Crippen MR) is 74.4 cm³/mol. The Hall–Kier alpha value is -2.15. The summed E-state index contributed by atoms with van der Waals surface area (Å²) in [6.45, 7) is 3.51. The smallest absolute Gasteiger partial charge is 0.253 e. The minimum atomic E-state index is -0.770. The van der Waals surface area contributed by atoms with Gasteiger partial charge in [-0.25, -0.2) is 4.39 Å². The Kier molecular flexibility index (Phi) is 5.04. The van der Waals surface area contributed by atoms with Crippen LogP contribution in [0, 0.1) is 11.2 Å². The summed E-state index contributed by atoms with van der Waals surface area (Å²) in [6, 6.07) is 4.05. The van der Waals surface area contributed by atoms with Gasteiger partial charge in [0.1, 0.15) is 5.82 Å². The largest absolute Gasteiger partial charge is 0.359 e. The van der Waals surface area contributed by atoms with Crippen LogP contribution in [0.4, 0.5) is 10.1 Å². The lowest BCUT2D eigenvalue weighted by Gasteiger charge is -2.23. The van der Waals surface area contributed by atoms with E-state index in [4.69, 9.17) is 5.84 Å². The average Bonchev–Trinajstić information content (AvgIpc) is 2.43. The lowest BCUT2D eigenvalue weighted by molar-refractivity contribution is -0.128. The molecule has 5 N–H and O–H groups in total. The topological polar surface area (TPSA) is 96.2 Å². The average molecular weight is 282 g/mol. The summed E-state index contributed by atoms with van der Waals surface area (Å²) >= 11 is 0. The predicted octanol–water partition coefficient (Wildman–Crippen LogP) is 0.613. The Morgan fingerprint density at radius 3 is 2.55 bits per heavy atom. The Morgan fingerprint density at radius 1 is 1.35 bits per heavy atom. The SMILES string of the molecule is CNC(=O)C(C)(C)CNC(=O)c1cccc(F)c1NN. The third-order valence-corrected chi connectivity index (χ3v) is 2.94. The minimum Gasteiger partial charge on any atom is -0.359 e. The van der Waals surface area contributed by atoms with Crippen molar-refractivity contribution in [3.05, 3.63) is 29.6 Å². The first-order valence-corrected chi connectivity index (χ1v) is 6.09. The fourth-order valence-corrected chi connectivity index (χ4v) is 1.68. The van der Waals surface area contributed by atoms with Crippen LogP contribution in [-0.4, -0.2) is 25.4 Å². The fraction of sp³-hybridized carbons (Fsp3) is 0.385. The lowest BCUT2D eigenvalue weighted by Crippen LogP contribution is -2.43. The molecule has 0 saturated carbocycles. The number of anilines is 1. The van der Waals surface area contributed by atoms with Crippen molar-refractivity contribution in [2.75, 3.05) is 19.0 Å². The molecule has 6 nitrogen and oxygen atoms in total. The van der Waals surface area contributed by atoms with Gasteiger partial charge in [0.15, 0.2) is 0 Å². The Balaban J connectivity index is 2.83. The van der Waals surface area contributed by atoms with Gasteiger partial charge >= 0.3 is 0 Å². The lowest BCUT2D eigenvalue weighted by atomic mass is 9.92. The van der Waals surface area contributed by atoms with Crippen molar-refractivity contribution >= 4 is 17.5 Å². The van der Waals surface area contributed by atoms with E-state index in [-0.39, 0.29) is 23.7 Å². The Bertz CT molecular complexity index is 517. The highest BCUT2D eigenvalue weighted by Crippen LogP contribution is 2.19. The van der Waals surface area contributed by atoms with Crippen molar-refractivity contribution in [1.82, 2.24) is 10.6 Å². The molecule has 110 valence electrons. The van der Waals surface area contributed by atoms with E-state index >= 15 is 0 Å². The number of halogens is 1. The molecule has 0 saturated heterocycles.